The van der Waals surface area contributed by atoms with E-state index in [1.165, 1.54) is 70.6 Å². The summed E-state index contributed by atoms with van der Waals surface area (Å²) < 4.78 is 0. The van der Waals surface area contributed by atoms with E-state index in [1.54, 1.807) is 0 Å². The Labute approximate surface area is 188 Å². The van der Waals surface area contributed by atoms with E-state index in [-0.39, 0.29) is 0 Å². The first-order valence-electron chi connectivity index (χ1n) is 13.9. The Morgan fingerprint density at radius 3 is 1.80 bits per heavy atom. The summed E-state index contributed by atoms with van der Waals surface area (Å²) in [7, 11) is 0. The molecule has 0 nitrogen and oxygen atoms in total. The molecular formula is C30H52. The van der Waals surface area contributed by atoms with Crippen molar-refractivity contribution < 1.29 is 0 Å². The number of hydrogen-bond donors (Lipinski definition) is 0. The highest BCUT2D eigenvalue weighted by molar-refractivity contribution is 5.18. The molecule has 0 amide bonds. The summed E-state index contributed by atoms with van der Waals surface area (Å²) >= 11 is 0. The molecule has 0 aliphatic heterocycles. The predicted molar refractivity (Wildman–Crippen MR) is 129 cm³/mol. The second-order valence-electron chi connectivity index (χ2n) is 15.1. The molecule has 30 heavy (non-hydrogen) atoms. The van der Waals surface area contributed by atoms with Crippen LogP contribution >= 0.6 is 0 Å². The molecule has 0 heterocycles. The zero-order valence-corrected chi connectivity index (χ0v) is 21.7. The first kappa shape index (κ1) is 21.8. The maximum atomic E-state index is 2.81. The van der Waals surface area contributed by atoms with Gasteiger partial charge in [-0.25, -0.2) is 0 Å². The largest absolute Gasteiger partial charge is 0.0625 e. The SMILES string of the molecule is CC(C)C1CC[C@@]2(C)C1CC[C@]1(C)[C@@H]2CC[C@@H]2[C@@]3(C)CCCC(C)(C)[C@@H]3CC[C@]21C. The molecule has 2 unspecified atom stereocenters. The van der Waals surface area contributed by atoms with Crippen LogP contribution < -0.4 is 0 Å². The van der Waals surface area contributed by atoms with Crippen molar-refractivity contribution in [2.24, 2.45) is 62.6 Å². The normalized spacial score (nSPS) is 57.3. The Bertz CT molecular complexity index is 688. The average molecular weight is 413 g/mol. The van der Waals surface area contributed by atoms with Crippen molar-refractivity contribution in [1.82, 2.24) is 0 Å². The van der Waals surface area contributed by atoms with Gasteiger partial charge >= 0.3 is 0 Å². The third-order valence-electron chi connectivity index (χ3n) is 13.6. The molecule has 5 fully saturated rings. The molecule has 0 heteroatoms. The minimum atomic E-state index is 0.561. The van der Waals surface area contributed by atoms with Crippen molar-refractivity contribution in [2.75, 3.05) is 0 Å². The molecule has 5 saturated carbocycles. The summed E-state index contributed by atoms with van der Waals surface area (Å²) in [6.07, 6.45) is 16.6. The van der Waals surface area contributed by atoms with Crippen molar-refractivity contribution in [3.05, 3.63) is 0 Å². The molecule has 0 saturated heterocycles. The second kappa shape index (κ2) is 6.53. The van der Waals surface area contributed by atoms with E-state index < -0.39 is 0 Å². The van der Waals surface area contributed by atoms with Gasteiger partial charge in [0.1, 0.15) is 0 Å². The molecule has 0 aromatic heterocycles. The number of rotatable bonds is 1. The second-order valence-corrected chi connectivity index (χ2v) is 15.1. The third-order valence-corrected chi connectivity index (χ3v) is 13.6. The van der Waals surface area contributed by atoms with E-state index in [4.69, 9.17) is 0 Å². The lowest BCUT2D eigenvalue weighted by atomic mass is 9.32. The lowest BCUT2D eigenvalue weighted by Crippen LogP contribution is -2.65. The van der Waals surface area contributed by atoms with E-state index in [2.05, 4.69) is 55.4 Å². The maximum absolute atomic E-state index is 2.81. The molecule has 5 aliphatic carbocycles. The molecule has 0 radical (unpaired) electrons. The van der Waals surface area contributed by atoms with Crippen LogP contribution in [0.25, 0.3) is 0 Å². The monoisotopic (exact) mass is 412 g/mol. The number of hydrogen-bond acceptors (Lipinski definition) is 0. The van der Waals surface area contributed by atoms with Gasteiger partial charge in [0, 0.05) is 0 Å². The smallest absolute Gasteiger partial charge is 0.0235 e. The first-order chi connectivity index (χ1) is 13.9. The molecule has 0 bridgehead atoms. The van der Waals surface area contributed by atoms with Gasteiger partial charge in [-0.05, 0) is 127 Å². The quantitative estimate of drug-likeness (QED) is 0.402. The van der Waals surface area contributed by atoms with Gasteiger partial charge in [0.2, 0.25) is 0 Å². The molecule has 172 valence electrons. The Morgan fingerprint density at radius 2 is 1.17 bits per heavy atom. The fourth-order valence-corrected chi connectivity index (χ4v) is 12.1. The van der Waals surface area contributed by atoms with Crippen LogP contribution in [0.3, 0.4) is 0 Å². The van der Waals surface area contributed by atoms with Gasteiger partial charge in [-0.15, -0.1) is 0 Å². The Hall–Kier alpha value is 0. The van der Waals surface area contributed by atoms with E-state index in [9.17, 15) is 0 Å². The molecule has 5 aliphatic rings. The Kier molecular flexibility index (Phi) is 4.75. The highest BCUT2D eigenvalue weighted by atomic mass is 14.7. The van der Waals surface area contributed by atoms with Gasteiger partial charge in [-0.2, -0.15) is 0 Å². The minimum absolute atomic E-state index is 0.561. The van der Waals surface area contributed by atoms with Gasteiger partial charge < -0.3 is 0 Å². The molecular weight excluding hydrogens is 360 g/mol. The topological polar surface area (TPSA) is 0 Å². The molecule has 0 N–H and O–H groups in total. The highest BCUT2D eigenvalue weighted by Gasteiger charge is 2.70. The van der Waals surface area contributed by atoms with Gasteiger partial charge in [0.25, 0.3) is 0 Å². The van der Waals surface area contributed by atoms with Crippen LogP contribution in [-0.4, -0.2) is 0 Å². The van der Waals surface area contributed by atoms with Gasteiger partial charge in [-0.3, -0.25) is 0 Å². The summed E-state index contributed by atoms with van der Waals surface area (Å²) in [5.41, 5.74) is 2.92. The lowest BCUT2D eigenvalue weighted by molar-refractivity contribution is -0.241. The summed E-state index contributed by atoms with van der Waals surface area (Å²) in [4.78, 5) is 0. The van der Waals surface area contributed by atoms with Crippen LogP contribution in [-0.2, 0) is 0 Å². The fraction of sp³-hybridized carbons (Fsp3) is 1.00. The first-order valence-corrected chi connectivity index (χ1v) is 13.9. The summed E-state index contributed by atoms with van der Waals surface area (Å²) in [6, 6.07) is 0. The summed E-state index contributed by atoms with van der Waals surface area (Å²) in [6.45, 7) is 21.4. The lowest BCUT2D eigenvalue weighted by Gasteiger charge is -2.73. The van der Waals surface area contributed by atoms with E-state index in [0.717, 1.165) is 35.5 Å². The van der Waals surface area contributed by atoms with Crippen molar-refractivity contribution >= 4 is 0 Å². The Morgan fingerprint density at radius 1 is 0.567 bits per heavy atom. The van der Waals surface area contributed by atoms with Crippen molar-refractivity contribution in [3.8, 4) is 0 Å². The molecule has 0 aromatic rings. The van der Waals surface area contributed by atoms with Crippen LogP contribution in [0.4, 0.5) is 0 Å². The fourth-order valence-electron chi connectivity index (χ4n) is 12.1. The maximum Gasteiger partial charge on any atom is -0.0235 e. The van der Waals surface area contributed by atoms with Gasteiger partial charge in [-0.1, -0.05) is 61.8 Å². The van der Waals surface area contributed by atoms with Gasteiger partial charge in [0.05, 0.1) is 0 Å². The third kappa shape index (κ3) is 2.52. The molecule has 5 rings (SSSR count). The standard InChI is InChI=1S/C30H52/c1-20(2)21-12-17-27(5)22(21)13-18-29(7)24(27)10-11-25-28(6)16-9-15-26(3,4)23(28)14-19-30(25,29)8/h20-25H,9-19H2,1-8H3/t21?,22?,23-,24+,25+,27-,28-,29+,30+/m0/s1. The summed E-state index contributed by atoms with van der Waals surface area (Å²) in [5, 5.41) is 0. The van der Waals surface area contributed by atoms with Crippen LogP contribution in [0, 0.1) is 62.6 Å². The highest BCUT2D eigenvalue weighted by Crippen LogP contribution is 2.78. The number of fused-ring (bicyclic) bond motifs is 7. The molecule has 0 aromatic carbocycles. The van der Waals surface area contributed by atoms with E-state index >= 15 is 0 Å². The van der Waals surface area contributed by atoms with Crippen molar-refractivity contribution in [2.45, 2.75) is 126 Å². The van der Waals surface area contributed by atoms with Crippen molar-refractivity contribution in [3.63, 3.8) is 0 Å². The van der Waals surface area contributed by atoms with Crippen LogP contribution in [0.2, 0.25) is 0 Å². The average Bonchev–Trinajstić information content (AvgIpc) is 2.99. The van der Waals surface area contributed by atoms with Crippen molar-refractivity contribution in [1.29, 1.82) is 0 Å². The van der Waals surface area contributed by atoms with Crippen LogP contribution in [0.1, 0.15) is 126 Å². The van der Waals surface area contributed by atoms with E-state index in [0.29, 0.717) is 27.1 Å². The minimum Gasteiger partial charge on any atom is -0.0625 e. The molecule has 0 spiro atoms. The predicted octanol–water partition coefficient (Wildman–Crippen LogP) is 9.13. The molecule has 9 atom stereocenters. The summed E-state index contributed by atoms with van der Waals surface area (Å²) in [5.74, 6) is 5.79. The van der Waals surface area contributed by atoms with Gasteiger partial charge in [0.15, 0.2) is 0 Å². The van der Waals surface area contributed by atoms with Crippen LogP contribution in [0.5, 0.6) is 0 Å². The van der Waals surface area contributed by atoms with E-state index in [1.807, 2.05) is 0 Å². The van der Waals surface area contributed by atoms with Crippen LogP contribution in [0.15, 0.2) is 0 Å². The zero-order chi connectivity index (χ0) is 21.7. The Balaban J connectivity index is 1.52. The zero-order valence-electron chi connectivity index (χ0n) is 21.7.